The van der Waals surface area contributed by atoms with Crippen molar-refractivity contribution in [3.63, 3.8) is 0 Å². The van der Waals surface area contributed by atoms with Crippen LogP contribution in [0, 0.1) is 5.92 Å². The first-order chi connectivity index (χ1) is 11.5. The Morgan fingerprint density at radius 1 is 1.12 bits per heavy atom. The quantitative estimate of drug-likeness (QED) is 0.851. The SMILES string of the molecule is Cl.O=C1NCCN(CC2CCNCC2)C1c1ccccc1C(F)(F)F. The number of piperidine rings is 1. The molecule has 0 bridgehead atoms. The number of hydrogen-bond donors (Lipinski definition) is 2. The Morgan fingerprint density at radius 2 is 1.80 bits per heavy atom. The molecule has 3 rings (SSSR count). The van der Waals surface area contributed by atoms with Crippen LogP contribution in [-0.2, 0) is 11.0 Å². The molecule has 1 aromatic rings. The number of benzene rings is 1. The highest BCUT2D eigenvalue weighted by molar-refractivity contribution is 5.85. The van der Waals surface area contributed by atoms with Gasteiger partial charge in [0.25, 0.3) is 0 Å². The number of alkyl halides is 3. The molecule has 25 heavy (non-hydrogen) atoms. The second-order valence-electron chi connectivity index (χ2n) is 6.47. The highest BCUT2D eigenvalue weighted by atomic mass is 35.5. The van der Waals surface area contributed by atoms with Gasteiger partial charge in [0, 0.05) is 19.6 Å². The zero-order valence-electron chi connectivity index (χ0n) is 13.8. The van der Waals surface area contributed by atoms with Crippen molar-refractivity contribution in [1.29, 1.82) is 0 Å². The number of nitrogens with one attached hydrogen (secondary N) is 2. The van der Waals surface area contributed by atoms with Gasteiger partial charge in [0.2, 0.25) is 5.91 Å². The zero-order chi connectivity index (χ0) is 17.2. The van der Waals surface area contributed by atoms with Crippen LogP contribution in [0.5, 0.6) is 0 Å². The highest BCUT2D eigenvalue weighted by Gasteiger charge is 2.40. The number of carbonyl (C=O) groups excluding carboxylic acids is 1. The highest BCUT2D eigenvalue weighted by Crippen LogP contribution is 2.37. The molecule has 0 radical (unpaired) electrons. The lowest BCUT2D eigenvalue weighted by Crippen LogP contribution is -2.52. The van der Waals surface area contributed by atoms with Crippen LogP contribution >= 0.6 is 12.4 Å². The van der Waals surface area contributed by atoms with Gasteiger partial charge in [0.15, 0.2) is 0 Å². The van der Waals surface area contributed by atoms with Crippen LogP contribution in [0.2, 0.25) is 0 Å². The summed E-state index contributed by atoms with van der Waals surface area (Å²) in [7, 11) is 0. The number of piperazine rings is 1. The first-order valence-electron chi connectivity index (χ1n) is 8.35. The summed E-state index contributed by atoms with van der Waals surface area (Å²) in [4.78, 5) is 14.3. The fourth-order valence-corrected chi connectivity index (χ4v) is 3.64. The van der Waals surface area contributed by atoms with E-state index in [1.165, 1.54) is 12.1 Å². The number of rotatable bonds is 3. The Labute approximate surface area is 151 Å². The fraction of sp³-hybridized carbons (Fsp3) is 0.588. The second-order valence-corrected chi connectivity index (χ2v) is 6.47. The lowest BCUT2D eigenvalue weighted by Gasteiger charge is -2.39. The summed E-state index contributed by atoms with van der Waals surface area (Å²) < 4.78 is 40.1. The van der Waals surface area contributed by atoms with Gasteiger partial charge in [-0.25, -0.2) is 0 Å². The normalized spacial score (nSPS) is 23.0. The van der Waals surface area contributed by atoms with Crippen LogP contribution in [0.4, 0.5) is 13.2 Å². The van der Waals surface area contributed by atoms with Crippen molar-refractivity contribution in [3.8, 4) is 0 Å². The summed E-state index contributed by atoms with van der Waals surface area (Å²) in [6.45, 7) is 3.57. The Morgan fingerprint density at radius 3 is 2.48 bits per heavy atom. The van der Waals surface area contributed by atoms with Crippen LogP contribution < -0.4 is 10.6 Å². The van der Waals surface area contributed by atoms with Crippen LogP contribution in [-0.4, -0.2) is 43.5 Å². The molecule has 1 atom stereocenters. The summed E-state index contributed by atoms with van der Waals surface area (Å²) in [5.74, 6) is 0.0737. The van der Waals surface area contributed by atoms with Gasteiger partial charge in [-0.1, -0.05) is 18.2 Å². The molecule has 2 N–H and O–H groups in total. The third-order valence-electron chi connectivity index (χ3n) is 4.82. The molecule has 4 nitrogen and oxygen atoms in total. The molecule has 0 saturated carbocycles. The van der Waals surface area contributed by atoms with Gasteiger partial charge < -0.3 is 10.6 Å². The smallest absolute Gasteiger partial charge is 0.353 e. The first kappa shape index (κ1) is 20.0. The van der Waals surface area contributed by atoms with Crippen molar-refractivity contribution >= 4 is 18.3 Å². The Balaban J connectivity index is 0.00000225. The van der Waals surface area contributed by atoms with Gasteiger partial charge in [-0.3, -0.25) is 9.69 Å². The predicted molar refractivity (Wildman–Crippen MR) is 91.6 cm³/mol. The van der Waals surface area contributed by atoms with E-state index in [4.69, 9.17) is 0 Å². The Hall–Kier alpha value is -1.31. The summed E-state index contributed by atoms with van der Waals surface area (Å²) >= 11 is 0. The molecule has 0 spiro atoms. The van der Waals surface area contributed by atoms with Crippen LogP contribution in [0.15, 0.2) is 24.3 Å². The van der Waals surface area contributed by atoms with Crippen molar-refractivity contribution in [2.45, 2.75) is 25.1 Å². The maximum Gasteiger partial charge on any atom is 0.416 e. The van der Waals surface area contributed by atoms with E-state index in [1.807, 2.05) is 4.90 Å². The minimum atomic E-state index is -4.46. The van der Waals surface area contributed by atoms with Crippen molar-refractivity contribution < 1.29 is 18.0 Å². The van der Waals surface area contributed by atoms with Crippen molar-refractivity contribution in [3.05, 3.63) is 35.4 Å². The molecule has 2 aliphatic heterocycles. The number of amides is 1. The summed E-state index contributed by atoms with van der Waals surface area (Å²) in [6, 6.07) is 4.54. The summed E-state index contributed by atoms with van der Waals surface area (Å²) in [6.07, 6.45) is -2.48. The molecule has 2 heterocycles. The third kappa shape index (κ3) is 4.65. The molecule has 0 aromatic heterocycles. The van der Waals surface area contributed by atoms with Gasteiger partial charge >= 0.3 is 6.18 Å². The van der Waals surface area contributed by atoms with E-state index in [0.29, 0.717) is 25.6 Å². The molecule has 1 aromatic carbocycles. The van der Waals surface area contributed by atoms with Gasteiger partial charge in [-0.15, -0.1) is 12.4 Å². The number of hydrogen-bond acceptors (Lipinski definition) is 3. The monoisotopic (exact) mass is 377 g/mol. The van der Waals surface area contributed by atoms with E-state index < -0.39 is 17.8 Å². The average Bonchev–Trinajstić information content (AvgIpc) is 2.55. The van der Waals surface area contributed by atoms with Crippen LogP contribution in [0.1, 0.15) is 30.0 Å². The fourth-order valence-electron chi connectivity index (χ4n) is 3.64. The lowest BCUT2D eigenvalue weighted by molar-refractivity contribution is -0.140. The third-order valence-corrected chi connectivity index (χ3v) is 4.82. The van der Waals surface area contributed by atoms with Crippen molar-refractivity contribution in [2.24, 2.45) is 5.92 Å². The molecule has 1 unspecified atom stereocenters. The van der Waals surface area contributed by atoms with Crippen LogP contribution in [0.25, 0.3) is 0 Å². The molecule has 8 heteroatoms. The van der Waals surface area contributed by atoms with Gasteiger partial charge in [-0.05, 0) is 43.5 Å². The molecule has 2 saturated heterocycles. The van der Waals surface area contributed by atoms with Gasteiger partial charge in [0.05, 0.1) is 5.56 Å². The second kappa shape index (κ2) is 8.38. The van der Waals surface area contributed by atoms with E-state index in [1.54, 1.807) is 6.07 Å². The van der Waals surface area contributed by atoms with E-state index in [9.17, 15) is 18.0 Å². The summed E-state index contributed by atoms with van der Waals surface area (Å²) in [5, 5.41) is 6.00. The van der Waals surface area contributed by atoms with Crippen LogP contribution in [0.3, 0.4) is 0 Å². The van der Waals surface area contributed by atoms with E-state index in [0.717, 1.165) is 32.0 Å². The lowest BCUT2D eigenvalue weighted by atomic mass is 9.93. The molecular formula is C17H23ClF3N3O. The first-order valence-corrected chi connectivity index (χ1v) is 8.35. The standard InChI is InChI=1S/C17H22F3N3O.ClH/c18-17(19,20)14-4-2-1-3-13(14)15-16(24)22-9-10-23(15)11-12-5-7-21-8-6-12;/h1-4,12,15,21H,5-11H2,(H,22,24);1H. The Bertz CT molecular complexity index is 591. The Kier molecular flexibility index (Phi) is 6.71. The number of carbonyl (C=O) groups is 1. The molecule has 140 valence electrons. The molecule has 0 aliphatic carbocycles. The average molecular weight is 378 g/mol. The number of halogens is 4. The van der Waals surface area contributed by atoms with E-state index >= 15 is 0 Å². The molecule has 1 amide bonds. The predicted octanol–water partition coefficient (Wildman–Crippen LogP) is 2.60. The zero-order valence-corrected chi connectivity index (χ0v) is 14.6. The minimum Gasteiger partial charge on any atom is -0.353 e. The number of nitrogens with zero attached hydrogens (tertiary/aromatic N) is 1. The van der Waals surface area contributed by atoms with Crippen molar-refractivity contribution in [1.82, 2.24) is 15.5 Å². The van der Waals surface area contributed by atoms with E-state index in [-0.39, 0.29) is 23.9 Å². The maximum atomic E-state index is 13.4. The van der Waals surface area contributed by atoms with Gasteiger partial charge in [0.1, 0.15) is 6.04 Å². The molecule has 2 fully saturated rings. The molecular weight excluding hydrogens is 355 g/mol. The van der Waals surface area contributed by atoms with Crippen molar-refractivity contribution in [2.75, 3.05) is 32.7 Å². The summed E-state index contributed by atoms with van der Waals surface area (Å²) in [5.41, 5.74) is -0.668. The molecule has 2 aliphatic rings. The van der Waals surface area contributed by atoms with E-state index in [2.05, 4.69) is 10.6 Å². The van der Waals surface area contributed by atoms with Gasteiger partial charge in [-0.2, -0.15) is 13.2 Å². The minimum absolute atomic E-state index is 0. The largest absolute Gasteiger partial charge is 0.416 e. The topological polar surface area (TPSA) is 44.4 Å². The maximum absolute atomic E-state index is 13.4.